The number of carbonyl (C=O) groups is 1. The summed E-state index contributed by atoms with van der Waals surface area (Å²) in [5.74, 6) is -2.36. The van der Waals surface area contributed by atoms with E-state index >= 15 is 0 Å². The smallest absolute Gasteiger partial charge is 0.422 e. The Bertz CT molecular complexity index is 400. The Morgan fingerprint density at radius 2 is 2.00 bits per heavy atom. The largest absolute Gasteiger partial charge is 0.504 e. The van der Waals surface area contributed by atoms with E-state index in [1.807, 2.05) is 0 Å². The van der Waals surface area contributed by atoms with Crippen molar-refractivity contribution in [1.29, 1.82) is 0 Å². The number of ether oxygens (including phenoxy) is 1. The molecule has 7 heteroatoms. The van der Waals surface area contributed by atoms with Crippen molar-refractivity contribution in [2.45, 2.75) is 6.18 Å². The molecular formula is C9H7F3O4. The minimum Gasteiger partial charge on any atom is -0.504 e. The fourth-order valence-corrected chi connectivity index (χ4v) is 0.932. The van der Waals surface area contributed by atoms with Crippen LogP contribution in [0.4, 0.5) is 13.2 Å². The fourth-order valence-electron chi connectivity index (χ4n) is 0.932. The number of hydrogen-bond acceptors (Lipinski definition) is 3. The van der Waals surface area contributed by atoms with Gasteiger partial charge < -0.3 is 14.9 Å². The molecule has 0 aliphatic rings. The molecule has 0 aliphatic carbocycles. The Labute approximate surface area is 87.9 Å². The minimum atomic E-state index is -4.52. The van der Waals surface area contributed by atoms with E-state index in [4.69, 9.17) is 5.11 Å². The van der Waals surface area contributed by atoms with Gasteiger partial charge in [-0.3, -0.25) is 0 Å². The third kappa shape index (κ3) is 3.34. The van der Waals surface area contributed by atoms with E-state index in [1.165, 1.54) is 0 Å². The quantitative estimate of drug-likeness (QED) is 0.842. The number of carboxylic acid groups (broad SMARTS) is 1. The van der Waals surface area contributed by atoms with Crippen LogP contribution in [0.3, 0.4) is 0 Å². The molecule has 88 valence electrons. The fraction of sp³-hybridized carbons (Fsp3) is 0.222. The van der Waals surface area contributed by atoms with Crippen molar-refractivity contribution in [3.05, 3.63) is 23.8 Å². The van der Waals surface area contributed by atoms with Gasteiger partial charge in [0.25, 0.3) is 0 Å². The summed E-state index contributed by atoms with van der Waals surface area (Å²) >= 11 is 0. The summed E-state index contributed by atoms with van der Waals surface area (Å²) in [6, 6.07) is 2.81. The zero-order valence-electron chi connectivity index (χ0n) is 7.78. The van der Waals surface area contributed by atoms with Crippen LogP contribution in [0, 0.1) is 0 Å². The lowest BCUT2D eigenvalue weighted by molar-refractivity contribution is -0.153. The van der Waals surface area contributed by atoms with Gasteiger partial charge in [-0.05, 0) is 18.2 Å². The van der Waals surface area contributed by atoms with Crippen LogP contribution in [-0.4, -0.2) is 29.0 Å². The molecule has 1 aromatic carbocycles. The maximum absolute atomic E-state index is 11.8. The van der Waals surface area contributed by atoms with Crippen LogP contribution in [0.1, 0.15) is 10.4 Å². The first-order valence-corrected chi connectivity index (χ1v) is 4.05. The maximum Gasteiger partial charge on any atom is 0.422 e. The van der Waals surface area contributed by atoms with Gasteiger partial charge in [0.1, 0.15) is 0 Å². The normalized spacial score (nSPS) is 11.2. The molecule has 0 heterocycles. The first-order valence-electron chi connectivity index (χ1n) is 4.05. The van der Waals surface area contributed by atoms with E-state index in [-0.39, 0.29) is 5.56 Å². The molecule has 0 atom stereocenters. The molecule has 0 radical (unpaired) electrons. The lowest BCUT2D eigenvalue weighted by Gasteiger charge is -2.10. The maximum atomic E-state index is 11.8. The van der Waals surface area contributed by atoms with Crippen molar-refractivity contribution in [3.63, 3.8) is 0 Å². The first-order chi connectivity index (χ1) is 7.29. The molecule has 2 N–H and O–H groups in total. The molecular weight excluding hydrogens is 229 g/mol. The number of halogens is 3. The highest BCUT2D eigenvalue weighted by Gasteiger charge is 2.28. The van der Waals surface area contributed by atoms with E-state index in [2.05, 4.69) is 4.74 Å². The van der Waals surface area contributed by atoms with Crippen LogP contribution >= 0.6 is 0 Å². The van der Waals surface area contributed by atoms with Crippen LogP contribution in [0.25, 0.3) is 0 Å². The zero-order valence-corrected chi connectivity index (χ0v) is 7.78. The van der Waals surface area contributed by atoms with Gasteiger partial charge in [-0.1, -0.05) is 0 Å². The minimum absolute atomic E-state index is 0.239. The van der Waals surface area contributed by atoms with Crippen LogP contribution in [0.15, 0.2) is 18.2 Å². The Kier molecular flexibility index (Phi) is 3.26. The Morgan fingerprint density at radius 3 is 2.44 bits per heavy atom. The molecule has 4 nitrogen and oxygen atoms in total. The Hall–Kier alpha value is -1.92. The SMILES string of the molecule is O=C(O)c1ccc(OCC(F)(F)F)c(O)c1. The average Bonchev–Trinajstić information content (AvgIpc) is 2.14. The van der Waals surface area contributed by atoms with Crippen LogP contribution in [0.5, 0.6) is 11.5 Å². The van der Waals surface area contributed by atoms with Gasteiger partial charge in [-0.15, -0.1) is 0 Å². The monoisotopic (exact) mass is 236 g/mol. The molecule has 16 heavy (non-hydrogen) atoms. The number of aromatic hydroxyl groups is 1. The van der Waals surface area contributed by atoms with Crippen molar-refractivity contribution in [2.24, 2.45) is 0 Å². The van der Waals surface area contributed by atoms with E-state index < -0.39 is 30.3 Å². The number of hydrogen-bond donors (Lipinski definition) is 2. The molecule has 0 bridgehead atoms. The van der Waals surface area contributed by atoms with E-state index in [9.17, 15) is 23.1 Å². The summed E-state index contributed by atoms with van der Waals surface area (Å²) in [6.45, 7) is -1.55. The Balaban J connectivity index is 2.80. The second kappa shape index (κ2) is 4.30. The van der Waals surface area contributed by atoms with Gasteiger partial charge in [0.05, 0.1) is 5.56 Å². The second-order valence-corrected chi connectivity index (χ2v) is 2.89. The number of phenols is 1. The molecule has 1 aromatic rings. The number of alkyl halides is 3. The molecule has 0 saturated carbocycles. The molecule has 0 fully saturated rings. The predicted octanol–water partition coefficient (Wildman–Crippen LogP) is 2.03. The van der Waals surface area contributed by atoms with E-state index in [0.29, 0.717) is 0 Å². The number of carboxylic acids is 1. The summed E-state index contributed by atoms with van der Waals surface area (Å²) in [5.41, 5.74) is -0.239. The molecule has 0 aromatic heterocycles. The molecule has 0 saturated heterocycles. The zero-order chi connectivity index (χ0) is 12.3. The third-order valence-electron chi connectivity index (χ3n) is 1.60. The summed E-state index contributed by atoms with van der Waals surface area (Å²) in [5, 5.41) is 17.7. The van der Waals surface area contributed by atoms with Crippen LogP contribution < -0.4 is 4.74 Å². The lowest BCUT2D eigenvalue weighted by atomic mass is 10.2. The van der Waals surface area contributed by atoms with Crippen molar-refractivity contribution in [3.8, 4) is 11.5 Å². The molecule has 0 unspecified atom stereocenters. The van der Waals surface area contributed by atoms with Gasteiger partial charge in [-0.2, -0.15) is 13.2 Å². The number of benzene rings is 1. The van der Waals surface area contributed by atoms with Crippen LogP contribution in [0.2, 0.25) is 0 Å². The lowest BCUT2D eigenvalue weighted by Crippen LogP contribution is -2.19. The molecule has 0 amide bonds. The van der Waals surface area contributed by atoms with Gasteiger partial charge >= 0.3 is 12.1 Å². The van der Waals surface area contributed by atoms with Crippen molar-refractivity contribution < 1.29 is 32.9 Å². The van der Waals surface area contributed by atoms with Gasteiger partial charge in [0.2, 0.25) is 0 Å². The standard InChI is InChI=1S/C9H7F3O4/c10-9(11,12)4-16-7-2-1-5(8(14)15)3-6(7)13/h1-3,13H,4H2,(H,14,15). The summed E-state index contributed by atoms with van der Waals surface area (Å²) < 4.78 is 39.6. The van der Waals surface area contributed by atoms with Crippen molar-refractivity contribution >= 4 is 5.97 Å². The first kappa shape index (κ1) is 12.2. The highest BCUT2D eigenvalue weighted by atomic mass is 19.4. The van der Waals surface area contributed by atoms with Crippen LogP contribution in [-0.2, 0) is 0 Å². The predicted molar refractivity (Wildman–Crippen MR) is 46.6 cm³/mol. The molecule has 1 rings (SSSR count). The third-order valence-corrected chi connectivity index (χ3v) is 1.60. The number of phenolic OH excluding ortho intramolecular Hbond substituents is 1. The van der Waals surface area contributed by atoms with Gasteiger partial charge in [0.15, 0.2) is 18.1 Å². The Morgan fingerprint density at radius 1 is 1.38 bits per heavy atom. The number of rotatable bonds is 3. The molecule has 0 aliphatic heterocycles. The highest BCUT2D eigenvalue weighted by molar-refractivity contribution is 5.88. The van der Waals surface area contributed by atoms with Crippen molar-refractivity contribution in [2.75, 3.05) is 6.61 Å². The van der Waals surface area contributed by atoms with E-state index in [1.54, 1.807) is 0 Å². The highest BCUT2D eigenvalue weighted by Crippen LogP contribution is 2.28. The van der Waals surface area contributed by atoms with Crippen molar-refractivity contribution in [1.82, 2.24) is 0 Å². The summed E-state index contributed by atoms with van der Waals surface area (Å²) in [4.78, 5) is 10.4. The topological polar surface area (TPSA) is 66.8 Å². The average molecular weight is 236 g/mol. The molecule has 0 spiro atoms. The summed E-state index contributed by atoms with van der Waals surface area (Å²) in [6.07, 6.45) is -4.52. The van der Waals surface area contributed by atoms with Gasteiger partial charge in [-0.25, -0.2) is 4.79 Å². The number of aromatic carboxylic acids is 1. The van der Waals surface area contributed by atoms with E-state index in [0.717, 1.165) is 18.2 Å². The van der Waals surface area contributed by atoms with Gasteiger partial charge in [0, 0.05) is 0 Å². The summed E-state index contributed by atoms with van der Waals surface area (Å²) in [7, 11) is 0. The second-order valence-electron chi connectivity index (χ2n) is 2.89.